The molecule has 1 N–H and O–H groups in total. The number of ether oxygens (including phenoxy) is 1. The Bertz CT molecular complexity index is 658. The van der Waals surface area contributed by atoms with E-state index < -0.39 is 0 Å². The van der Waals surface area contributed by atoms with Gasteiger partial charge in [-0.1, -0.05) is 74.5 Å². The summed E-state index contributed by atoms with van der Waals surface area (Å²) >= 11 is 0. The molecule has 2 aromatic rings. The second kappa shape index (κ2) is 10.1. The van der Waals surface area contributed by atoms with E-state index in [-0.39, 0.29) is 31.1 Å². The summed E-state index contributed by atoms with van der Waals surface area (Å²) in [5.41, 5.74) is 1.97. The van der Waals surface area contributed by atoms with Crippen LogP contribution in [0.3, 0.4) is 0 Å². The van der Waals surface area contributed by atoms with E-state index in [1.807, 2.05) is 67.6 Å². The third-order valence-electron chi connectivity index (χ3n) is 4.45. The highest BCUT2D eigenvalue weighted by Gasteiger charge is 2.26. The Morgan fingerprint density at radius 2 is 1.58 bits per heavy atom. The summed E-state index contributed by atoms with van der Waals surface area (Å²) < 4.78 is 5.50. The average molecular weight is 355 g/mol. The van der Waals surface area contributed by atoms with Crippen LogP contribution in [0.2, 0.25) is 0 Å². The van der Waals surface area contributed by atoms with Gasteiger partial charge in [-0.3, -0.25) is 4.79 Å². The predicted octanol–water partition coefficient (Wildman–Crippen LogP) is 4.84. The number of rotatable bonds is 9. The quantitative estimate of drug-likeness (QED) is 0.516. The Morgan fingerprint density at radius 1 is 1.00 bits per heavy atom. The van der Waals surface area contributed by atoms with Gasteiger partial charge in [0.15, 0.2) is 0 Å². The minimum Gasteiger partial charge on any atom is -0.461 e. The van der Waals surface area contributed by atoms with Gasteiger partial charge in [-0.25, -0.2) is 0 Å². The Morgan fingerprint density at radius 3 is 2.15 bits per heavy atom. The van der Waals surface area contributed by atoms with Crippen molar-refractivity contribution in [2.45, 2.75) is 39.8 Å². The van der Waals surface area contributed by atoms with Crippen LogP contribution in [0.15, 0.2) is 60.7 Å². The molecule has 0 aliphatic carbocycles. The minimum absolute atomic E-state index is 0.187. The molecule has 26 heavy (non-hydrogen) atoms. The lowest BCUT2D eigenvalue weighted by Gasteiger charge is -2.27. The molecule has 0 radical (unpaired) electrons. The van der Waals surface area contributed by atoms with Crippen molar-refractivity contribution in [3.8, 4) is 0 Å². The van der Waals surface area contributed by atoms with E-state index in [4.69, 9.17) is 4.74 Å². The van der Waals surface area contributed by atoms with Gasteiger partial charge in [0.25, 0.3) is 0 Å². The lowest BCUT2D eigenvalue weighted by atomic mass is 9.96. The van der Waals surface area contributed by atoms with Crippen LogP contribution in [0.5, 0.6) is 0 Å². The van der Waals surface area contributed by atoms with Crippen molar-refractivity contribution in [1.82, 2.24) is 5.06 Å². The highest BCUT2D eigenvalue weighted by molar-refractivity contribution is 5.72. The normalized spacial score (nSPS) is 13.6. The van der Waals surface area contributed by atoms with E-state index >= 15 is 0 Å². The van der Waals surface area contributed by atoms with E-state index in [1.54, 1.807) is 0 Å². The lowest BCUT2D eigenvalue weighted by molar-refractivity contribution is -0.165. The topological polar surface area (TPSA) is 49.8 Å². The molecule has 140 valence electrons. The second-order valence-corrected chi connectivity index (χ2v) is 7.13. The number of benzene rings is 2. The highest BCUT2D eigenvalue weighted by atomic mass is 16.5. The summed E-state index contributed by atoms with van der Waals surface area (Å²) in [4.78, 5) is 12.6. The second-order valence-electron chi connectivity index (χ2n) is 7.13. The van der Waals surface area contributed by atoms with Crippen LogP contribution in [-0.4, -0.2) is 22.8 Å². The van der Waals surface area contributed by atoms with Gasteiger partial charge in [-0.2, -0.15) is 5.06 Å². The average Bonchev–Trinajstić information content (AvgIpc) is 2.66. The van der Waals surface area contributed by atoms with E-state index in [0.717, 1.165) is 11.1 Å². The maximum atomic E-state index is 12.6. The summed E-state index contributed by atoms with van der Waals surface area (Å²) in [5, 5.41) is 11.8. The Hall–Kier alpha value is -2.17. The highest BCUT2D eigenvalue weighted by Crippen LogP contribution is 2.22. The summed E-state index contributed by atoms with van der Waals surface area (Å²) in [6.07, 6.45) is 0.673. The summed E-state index contributed by atoms with van der Waals surface area (Å²) in [7, 11) is 0. The van der Waals surface area contributed by atoms with Gasteiger partial charge in [0.1, 0.15) is 6.61 Å². The van der Waals surface area contributed by atoms with Crippen LogP contribution in [0.4, 0.5) is 0 Å². The molecule has 1 unspecified atom stereocenters. The van der Waals surface area contributed by atoms with Gasteiger partial charge < -0.3 is 9.94 Å². The molecule has 0 bridgehead atoms. The van der Waals surface area contributed by atoms with Crippen molar-refractivity contribution >= 4 is 5.97 Å². The summed E-state index contributed by atoms with van der Waals surface area (Å²) in [5.74, 6) is -0.290. The van der Waals surface area contributed by atoms with Crippen molar-refractivity contribution in [2.24, 2.45) is 11.8 Å². The van der Waals surface area contributed by atoms with E-state index in [2.05, 4.69) is 13.8 Å². The fourth-order valence-electron chi connectivity index (χ4n) is 2.95. The fraction of sp³-hybridized carbons (Fsp3) is 0.409. The van der Waals surface area contributed by atoms with Gasteiger partial charge >= 0.3 is 5.97 Å². The Labute approximate surface area is 156 Å². The van der Waals surface area contributed by atoms with Crippen LogP contribution in [0, 0.1) is 11.8 Å². The molecule has 4 nitrogen and oxygen atoms in total. The first-order valence-electron chi connectivity index (χ1n) is 9.18. The van der Waals surface area contributed by atoms with Crippen LogP contribution in [-0.2, 0) is 16.1 Å². The number of hydroxylamine groups is 2. The lowest BCUT2D eigenvalue weighted by Crippen LogP contribution is -2.34. The Kier molecular flexibility index (Phi) is 7.82. The van der Waals surface area contributed by atoms with Crippen molar-refractivity contribution < 1.29 is 14.7 Å². The number of hydrogen-bond donors (Lipinski definition) is 1. The molecule has 0 saturated heterocycles. The zero-order valence-electron chi connectivity index (χ0n) is 15.8. The molecule has 2 atom stereocenters. The number of carbonyl (C=O) groups excluding carboxylic acids is 1. The summed E-state index contributed by atoms with van der Waals surface area (Å²) in [6.45, 7) is 6.58. The monoisotopic (exact) mass is 355 g/mol. The first kappa shape index (κ1) is 20.1. The van der Waals surface area contributed by atoms with Crippen molar-refractivity contribution in [3.63, 3.8) is 0 Å². The van der Waals surface area contributed by atoms with Gasteiger partial charge in [0.05, 0.1) is 12.0 Å². The van der Waals surface area contributed by atoms with Gasteiger partial charge in [0.2, 0.25) is 0 Å². The molecule has 0 amide bonds. The SMILES string of the molecule is CC(C)CC(CN(O)[C@@H](C)c1ccccc1)C(=O)OCc1ccccc1. The maximum Gasteiger partial charge on any atom is 0.310 e. The van der Waals surface area contributed by atoms with Crippen molar-refractivity contribution in [3.05, 3.63) is 71.8 Å². The molecule has 0 aliphatic heterocycles. The molecule has 2 rings (SSSR count). The van der Waals surface area contributed by atoms with Crippen LogP contribution >= 0.6 is 0 Å². The largest absolute Gasteiger partial charge is 0.461 e. The standard InChI is InChI=1S/C22H29NO3/c1-17(2)14-21(22(24)26-16-19-10-6-4-7-11-19)15-23(25)18(3)20-12-8-5-9-13-20/h4-13,17-18,21,25H,14-16H2,1-3H3/t18-,21?/m0/s1. The number of carbonyl (C=O) groups is 1. The summed E-state index contributed by atoms with van der Waals surface area (Å²) in [6, 6.07) is 19.2. The molecular formula is C22H29NO3. The zero-order valence-corrected chi connectivity index (χ0v) is 15.8. The van der Waals surface area contributed by atoms with Gasteiger partial charge in [-0.15, -0.1) is 0 Å². The van der Waals surface area contributed by atoms with Crippen molar-refractivity contribution in [2.75, 3.05) is 6.54 Å². The first-order valence-corrected chi connectivity index (χ1v) is 9.18. The van der Waals surface area contributed by atoms with E-state index in [0.29, 0.717) is 12.3 Å². The fourth-order valence-corrected chi connectivity index (χ4v) is 2.95. The van der Waals surface area contributed by atoms with Crippen molar-refractivity contribution in [1.29, 1.82) is 0 Å². The number of nitrogens with zero attached hydrogens (tertiary/aromatic N) is 1. The van der Waals surface area contributed by atoms with Crippen LogP contribution in [0.25, 0.3) is 0 Å². The molecule has 0 aliphatic rings. The molecule has 0 heterocycles. The Balaban J connectivity index is 1.98. The van der Waals surface area contributed by atoms with Crippen LogP contribution < -0.4 is 0 Å². The maximum absolute atomic E-state index is 12.6. The third kappa shape index (κ3) is 6.28. The first-order chi connectivity index (χ1) is 12.5. The molecule has 2 aromatic carbocycles. The molecule has 0 spiro atoms. The number of hydrogen-bond acceptors (Lipinski definition) is 4. The van der Waals surface area contributed by atoms with E-state index in [9.17, 15) is 10.0 Å². The number of esters is 1. The van der Waals surface area contributed by atoms with Crippen LogP contribution in [0.1, 0.15) is 44.4 Å². The van der Waals surface area contributed by atoms with E-state index in [1.165, 1.54) is 5.06 Å². The minimum atomic E-state index is -0.366. The molecule has 4 heteroatoms. The smallest absolute Gasteiger partial charge is 0.310 e. The third-order valence-corrected chi connectivity index (χ3v) is 4.45. The van der Waals surface area contributed by atoms with Gasteiger partial charge in [-0.05, 0) is 30.4 Å². The molecular weight excluding hydrogens is 326 g/mol. The molecule has 0 saturated carbocycles. The zero-order chi connectivity index (χ0) is 18.9. The van der Waals surface area contributed by atoms with Gasteiger partial charge in [0, 0.05) is 6.54 Å². The molecule has 0 aromatic heterocycles. The molecule has 0 fully saturated rings. The predicted molar refractivity (Wildman–Crippen MR) is 103 cm³/mol.